The number of nitrogens with zero attached hydrogens (tertiary/aromatic N) is 2. The standard InChI is InChI=1S/C3H4N4O3/c1-3(10-6-8-1)7-5-4-2-9-7/h1-2,5-6H. The van der Waals surface area contributed by atoms with Crippen molar-refractivity contribution in [1.82, 2.24) is 16.4 Å². The van der Waals surface area contributed by atoms with Crippen molar-refractivity contribution < 1.29 is 14.5 Å². The van der Waals surface area contributed by atoms with Crippen molar-refractivity contribution in [2.24, 2.45) is 5.10 Å². The molecule has 0 spiro atoms. The summed E-state index contributed by atoms with van der Waals surface area (Å²) in [6.45, 7) is 0. The highest BCUT2D eigenvalue weighted by molar-refractivity contribution is 5.46. The van der Waals surface area contributed by atoms with Gasteiger partial charge in [-0.1, -0.05) is 5.17 Å². The molecule has 54 valence electrons. The van der Waals surface area contributed by atoms with Gasteiger partial charge in [-0.25, -0.2) is 0 Å². The predicted molar refractivity (Wildman–Crippen MR) is 27.9 cm³/mol. The molecule has 0 aliphatic carbocycles. The zero-order valence-electron chi connectivity index (χ0n) is 4.77. The Morgan fingerprint density at radius 1 is 1.60 bits per heavy atom. The number of hydroxylamine groups is 1. The van der Waals surface area contributed by atoms with Crippen molar-refractivity contribution in [3.63, 3.8) is 0 Å². The normalized spacial score (nSPS) is 20.8. The van der Waals surface area contributed by atoms with E-state index in [1.165, 1.54) is 17.8 Å². The molecule has 0 saturated heterocycles. The van der Waals surface area contributed by atoms with Gasteiger partial charge in [0.05, 0.1) is 0 Å². The van der Waals surface area contributed by atoms with E-state index in [0.29, 0.717) is 5.88 Å². The minimum atomic E-state index is 0.345. The average molecular weight is 144 g/mol. The monoisotopic (exact) mass is 144 g/mol. The smallest absolute Gasteiger partial charge is 0.312 e. The second kappa shape index (κ2) is 1.95. The fourth-order valence-corrected chi connectivity index (χ4v) is 0.526. The molecule has 0 aromatic heterocycles. The summed E-state index contributed by atoms with van der Waals surface area (Å²) >= 11 is 0. The number of hydrazone groups is 1. The maximum Gasteiger partial charge on any atom is 0.312 e. The van der Waals surface area contributed by atoms with Crippen LogP contribution in [0.1, 0.15) is 0 Å². The molecule has 0 aromatic rings. The molecule has 0 saturated carbocycles. The summed E-state index contributed by atoms with van der Waals surface area (Å²) in [7, 11) is 0. The van der Waals surface area contributed by atoms with Crippen LogP contribution < -0.4 is 11.2 Å². The van der Waals surface area contributed by atoms with Gasteiger partial charge < -0.3 is 14.5 Å². The van der Waals surface area contributed by atoms with E-state index in [1.807, 2.05) is 0 Å². The van der Waals surface area contributed by atoms with Crippen molar-refractivity contribution in [3.8, 4) is 0 Å². The van der Waals surface area contributed by atoms with Crippen LogP contribution in [0.25, 0.3) is 0 Å². The number of hydrogen-bond donors (Lipinski definition) is 2. The van der Waals surface area contributed by atoms with E-state index in [1.54, 1.807) is 0 Å². The molecular weight excluding hydrogens is 140 g/mol. The number of rotatable bonds is 1. The lowest BCUT2D eigenvalue weighted by molar-refractivity contribution is -0.143. The lowest BCUT2D eigenvalue weighted by Gasteiger charge is -2.10. The third-order valence-corrected chi connectivity index (χ3v) is 0.908. The van der Waals surface area contributed by atoms with Gasteiger partial charge in [0.25, 0.3) is 0 Å². The Labute approximate surface area is 55.7 Å². The third kappa shape index (κ3) is 0.685. The van der Waals surface area contributed by atoms with Crippen molar-refractivity contribution in [3.05, 3.63) is 12.1 Å². The molecule has 0 fully saturated rings. The van der Waals surface area contributed by atoms with E-state index in [-0.39, 0.29) is 0 Å². The van der Waals surface area contributed by atoms with Crippen LogP contribution in [0, 0.1) is 0 Å². The van der Waals surface area contributed by atoms with Crippen LogP contribution in [0.2, 0.25) is 0 Å². The minimum absolute atomic E-state index is 0.345. The van der Waals surface area contributed by atoms with E-state index in [2.05, 4.69) is 26.0 Å². The van der Waals surface area contributed by atoms with Crippen LogP contribution in [0.4, 0.5) is 0 Å². The highest BCUT2D eigenvalue weighted by Crippen LogP contribution is 2.08. The molecule has 0 unspecified atom stereocenters. The Hall–Kier alpha value is -1.63. The van der Waals surface area contributed by atoms with Gasteiger partial charge in [0.2, 0.25) is 6.40 Å². The molecule has 0 aromatic carbocycles. The van der Waals surface area contributed by atoms with Crippen molar-refractivity contribution in [2.75, 3.05) is 0 Å². The molecule has 7 nitrogen and oxygen atoms in total. The van der Waals surface area contributed by atoms with Crippen molar-refractivity contribution in [2.45, 2.75) is 0 Å². The molecule has 0 atom stereocenters. The number of hydrogen-bond acceptors (Lipinski definition) is 7. The molecule has 7 heteroatoms. The topological polar surface area (TPSA) is 67.4 Å². The summed E-state index contributed by atoms with van der Waals surface area (Å²) in [5.74, 6) is 0.345. The van der Waals surface area contributed by atoms with E-state index in [4.69, 9.17) is 4.84 Å². The van der Waals surface area contributed by atoms with E-state index >= 15 is 0 Å². The molecule has 0 amide bonds. The zero-order valence-corrected chi connectivity index (χ0v) is 4.77. The average Bonchev–Trinajstić information content (AvgIpc) is 2.59. The lowest BCUT2D eigenvalue weighted by Crippen LogP contribution is -2.28. The van der Waals surface area contributed by atoms with Gasteiger partial charge in [-0.2, -0.15) is 5.53 Å². The summed E-state index contributed by atoms with van der Waals surface area (Å²) in [5, 5.41) is 4.71. The third-order valence-electron chi connectivity index (χ3n) is 0.908. The van der Waals surface area contributed by atoms with Crippen LogP contribution in [-0.4, -0.2) is 11.6 Å². The van der Waals surface area contributed by atoms with Crippen molar-refractivity contribution >= 4 is 6.40 Å². The summed E-state index contributed by atoms with van der Waals surface area (Å²) in [4.78, 5) is 14.0. The van der Waals surface area contributed by atoms with Crippen LogP contribution in [-0.2, 0) is 14.5 Å². The van der Waals surface area contributed by atoms with Gasteiger partial charge in [-0.3, -0.25) is 0 Å². The first-order chi connectivity index (χ1) is 4.97. The quantitative estimate of drug-likeness (QED) is 0.489. The fourth-order valence-electron chi connectivity index (χ4n) is 0.526. The first kappa shape index (κ1) is 5.18. The number of nitrogens with one attached hydrogen (secondary N) is 2. The Morgan fingerprint density at radius 2 is 2.60 bits per heavy atom. The van der Waals surface area contributed by atoms with Crippen LogP contribution in [0.3, 0.4) is 0 Å². The maximum absolute atomic E-state index is 4.75. The van der Waals surface area contributed by atoms with Gasteiger partial charge in [0, 0.05) is 5.64 Å². The summed E-state index contributed by atoms with van der Waals surface area (Å²) in [6, 6.07) is 0. The maximum atomic E-state index is 4.75. The van der Waals surface area contributed by atoms with Gasteiger partial charge in [-0.05, 0) is 0 Å². The van der Waals surface area contributed by atoms with E-state index in [9.17, 15) is 0 Å². The number of hydrazine groups is 1. The molecule has 2 heterocycles. The predicted octanol–water partition coefficient (Wildman–Crippen LogP) is -1.05. The Balaban J connectivity index is 1.99. The minimum Gasteiger partial charge on any atom is -0.375 e. The van der Waals surface area contributed by atoms with Gasteiger partial charge in [0.15, 0.2) is 6.26 Å². The van der Waals surface area contributed by atoms with Crippen molar-refractivity contribution in [1.29, 1.82) is 0 Å². The highest BCUT2D eigenvalue weighted by Gasteiger charge is 2.19. The van der Waals surface area contributed by atoms with E-state index < -0.39 is 0 Å². The first-order valence-electron chi connectivity index (χ1n) is 2.48. The second-order valence-corrected chi connectivity index (χ2v) is 1.49. The molecule has 0 bridgehead atoms. The van der Waals surface area contributed by atoms with Gasteiger partial charge >= 0.3 is 5.88 Å². The zero-order chi connectivity index (χ0) is 6.81. The Kier molecular flexibility index (Phi) is 1.01. The second-order valence-electron chi connectivity index (χ2n) is 1.49. The SMILES string of the molecule is C1=NNN(C2=CONO2)O1. The Bertz CT molecular complexity index is 182. The molecule has 2 aliphatic heterocycles. The van der Waals surface area contributed by atoms with E-state index in [0.717, 1.165) is 0 Å². The highest BCUT2D eigenvalue weighted by atomic mass is 16.9. The largest absolute Gasteiger partial charge is 0.375 e. The van der Waals surface area contributed by atoms with Gasteiger partial charge in [0.1, 0.15) is 0 Å². The van der Waals surface area contributed by atoms with Crippen LogP contribution in [0.5, 0.6) is 0 Å². The van der Waals surface area contributed by atoms with Crippen LogP contribution >= 0.6 is 0 Å². The summed E-state index contributed by atoms with van der Waals surface area (Å²) in [5.41, 5.74) is 4.61. The van der Waals surface area contributed by atoms with Crippen LogP contribution in [0.15, 0.2) is 17.2 Å². The molecular formula is C3H4N4O3. The first-order valence-corrected chi connectivity index (χ1v) is 2.48. The van der Waals surface area contributed by atoms with Gasteiger partial charge in [-0.15, -0.1) is 5.10 Å². The molecule has 0 radical (unpaired) electrons. The summed E-state index contributed by atoms with van der Waals surface area (Å²) < 4.78 is 0. The molecule has 2 rings (SSSR count). The molecule has 10 heavy (non-hydrogen) atoms. The lowest BCUT2D eigenvalue weighted by atomic mass is 10.9. The molecule has 2 aliphatic rings. The Morgan fingerprint density at radius 3 is 3.20 bits per heavy atom. The molecule has 2 N–H and O–H groups in total. The fraction of sp³-hybridized carbons (Fsp3) is 0. The summed E-state index contributed by atoms with van der Waals surface area (Å²) in [6.07, 6.45) is 2.55.